The summed E-state index contributed by atoms with van der Waals surface area (Å²) in [7, 11) is 0. The van der Waals surface area contributed by atoms with E-state index in [4.69, 9.17) is 31.2 Å². The summed E-state index contributed by atoms with van der Waals surface area (Å²) in [5.41, 5.74) is 5.83. The van der Waals surface area contributed by atoms with Crippen LogP contribution >= 0.6 is 22.9 Å². The van der Waals surface area contributed by atoms with Crippen molar-refractivity contribution in [3.8, 4) is 5.75 Å². The molecule has 0 aliphatic rings. The topological polar surface area (TPSA) is 121 Å². The molecule has 32 heavy (non-hydrogen) atoms. The van der Waals surface area contributed by atoms with E-state index in [2.05, 4.69) is 5.32 Å². The first kappa shape index (κ1) is 23.4. The van der Waals surface area contributed by atoms with Crippen LogP contribution < -0.4 is 15.8 Å². The van der Waals surface area contributed by atoms with Gasteiger partial charge in [-0.3, -0.25) is 9.59 Å². The van der Waals surface area contributed by atoms with Crippen LogP contribution in [0.25, 0.3) is 0 Å². The number of primary amides is 1. The maximum absolute atomic E-state index is 12.7. The van der Waals surface area contributed by atoms with Gasteiger partial charge in [-0.25, -0.2) is 4.79 Å². The number of thiophene rings is 1. The summed E-state index contributed by atoms with van der Waals surface area (Å²) in [4.78, 5) is 37.1. The van der Waals surface area contributed by atoms with Crippen LogP contribution in [0, 0.1) is 6.92 Å². The van der Waals surface area contributed by atoms with Gasteiger partial charge in [0.25, 0.3) is 11.8 Å². The van der Waals surface area contributed by atoms with E-state index in [0.717, 1.165) is 11.3 Å². The van der Waals surface area contributed by atoms with Crippen molar-refractivity contribution in [1.29, 1.82) is 0 Å². The quantitative estimate of drug-likeness (QED) is 0.450. The molecule has 3 N–H and O–H groups in total. The van der Waals surface area contributed by atoms with Crippen molar-refractivity contribution in [2.24, 2.45) is 5.73 Å². The number of nitrogens with two attached hydrogens (primary N) is 1. The molecular weight excluding hydrogens is 456 g/mol. The third-order valence-corrected chi connectivity index (χ3v) is 5.70. The number of esters is 1. The zero-order valence-corrected chi connectivity index (χ0v) is 19.1. The molecular formula is C22H21ClN2O6S. The van der Waals surface area contributed by atoms with Crippen LogP contribution in [-0.2, 0) is 11.3 Å². The summed E-state index contributed by atoms with van der Waals surface area (Å²) in [6.45, 7) is 5.07. The average Bonchev–Trinajstić information content (AvgIpc) is 3.31. The molecule has 0 unspecified atom stereocenters. The molecule has 0 aliphatic heterocycles. The molecule has 2 amide bonds. The van der Waals surface area contributed by atoms with Crippen LogP contribution in [0.4, 0.5) is 5.00 Å². The number of amides is 2. The summed E-state index contributed by atoms with van der Waals surface area (Å²) < 4.78 is 16.4. The van der Waals surface area contributed by atoms with Gasteiger partial charge in [-0.15, -0.1) is 11.3 Å². The highest BCUT2D eigenvalue weighted by molar-refractivity contribution is 7.18. The SMILES string of the molecule is Cc1c(C(N)=O)sc(NC(=O)c2ccc(COc3ccc(Cl)cc3)o2)c1C(=O)OC(C)C. The van der Waals surface area contributed by atoms with Crippen molar-refractivity contribution >= 4 is 45.7 Å². The van der Waals surface area contributed by atoms with Crippen LogP contribution in [-0.4, -0.2) is 23.9 Å². The minimum Gasteiger partial charge on any atom is -0.486 e. The second-order valence-corrected chi connectivity index (χ2v) is 8.50. The van der Waals surface area contributed by atoms with Gasteiger partial charge in [0.1, 0.15) is 23.1 Å². The lowest BCUT2D eigenvalue weighted by Crippen LogP contribution is -2.17. The number of nitrogens with one attached hydrogen (secondary N) is 1. The van der Waals surface area contributed by atoms with Gasteiger partial charge >= 0.3 is 5.97 Å². The van der Waals surface area contributed by atoms with Crippen molar-refractivity contribution in [1.82, 2.24) is 0 Å². The maximum atomic E-state index is 12.7. The zero-order chi connectivity index (χ0) is 23.4. The normalized spacial score (nSPS) is 10.8. The molecule has 2 aromatic heterocycles. The first-order valence-corrected chi connectivity index (χ1v) is 10.8. The summed E-state index contributed by atoms with van der Waals surface area (Å²) in [6, 6.07) is 9.91. The molecule has 0 saturated heterocycles. The zero-order valence-electron chi connectivity index (χ0n) is 17.6. The predicted molar refractivity (Wildman–Crippen MR) is 121 cm³/mol. The van der Waals surface area contributed by atoms with Crippen molar-refractivity contribution in [3.05, 3.63) is 68.9 Å². The largest absolute Gasteiger partial charge is 0.486 e. The lowest BCUT2D eigenvalue weighted by Gasteiger charge is -2.10. The molecule has 3 aromatic rings. The molecule has 168 valence electrons. The van der Waals surface area contributed by atoms with Crippen LogP contribution in [0.1, 0.15) is 55.8 Å². The van der Waals surface area contributed by atoms with E-state index in [-0.39, 0.29) is 33.9 Å². The average molecular weight is 477 g/mol. The van der Waals surface area contributed by atoms with Gasteiger partial charge < -0.3 is 24.9 Å². The molecule has 1 aromatic carbocycles. The molecule has 3 rings (SSSR count). The van der Waals surface area contributed by atoms with Crippen LogP contribution in [0.2, 0.25) is 5.02 Å². The minimum atomic E-state index is -0.703. The Balaban J connectivity index is 1.75. The van der Waals surface area contributed by atoms with Gasteiger partial charge in [-0.1, -0.05) is 11.6 Å². The number of halogens is 1. The van der Waals surface area contributed by atoms with Gasteiger partial charge in [0, 0.05) is 5.02 Å². The first-order valence-electron chi connectivity index (χ1n) is 9.58. The fraction of sp³-hybridized carbons (Fsp3) is 0.227. The summed E-state index contributed by atoms with van der Waals surface area (Å²) in [5, 5.41) is 3.36. The molecule has 10 heteroatoms. The van der Waals surface area contributed by atoms with E-state index in [1.807, 2.05) is 0 Å². The molecule has 8 nitrogen and oxygen atoms in total. The Morgan fingerprint density at radius 2 is 1.84 bits per heavy atom. The van der Waals surface area contributed by atoms with Crippen molar-refractivity contribution in [3.63, 3.8) is 0 Å². The Kier molecular flexibility index (Phi) is 7.22. The number of rotatable bonds is 8. The highest BCUT2D eigenvalue weighted by Crippen LogP contribution is 2.34. The van der Waals surface area contributed by atoms with Crippen LogP contribution in [0.15, 0.2) is 40.8 Å². The summed E-state index contributed by atoms with van der Waals surface area (Å²) >= 11 is 6.75. The standard InChI is InChI=1S/C22H21ClN2O6S/c1-11(2)30-22(28)17-12(3)18(19(24)26)32-21(17)25-20(27)16-9-8-15(31-16)10-29-14-6-4-13(23)5-7-14/h4-9,11H,10H2,1-3H3,(H2,24,26)(H,25,27). The molecule has 0 radical (unpaired) electrons. The third-order valence-electron chi connectivity index (χ3n) is 4.22. The van der Waals surface area contributed by atoms with Gasteiger partial charge in [0.05, 0.1) is 16.5 Å². The second kappa shape index (κ2) is 9.88. The number of hydrogen-bond donors (Lipinski definition) is 2. The van der Waals surface area contributed by atoms with Crippen molar-refractivity contribution in [2.75, 3.05) is 5.32 Å². The van der Waals surface area contributed by atoms with Crippen molar-refractivity contribution < 1.29 is 28.3 Å². The predicted octanol–water partition coefficient (Wildman–Crippen LogP) is 4.80. The Morgan fingerprint density at radius 3 is 2.47 bits per heavy atom. The fourth-order valence-corrected chi connectivity index (χ4v) is 3.95. The van der Waals surface area contributed by atoms with Crippen molar-refractivity contribution in [2.45, 2.75) is 33.5 Å². The van der Waals surface area contributed by atoms with E-state index in [0.29, 0.717) is 22.1 Å². The molecule has 0 saturated carbocycles. The monoisotopic (exact) mass is 476 g/mol. The van der Waals surface area contributed by atoms with E-state index in [9.17, 15) is 14.4 Å². The molecule has 0 bridgehead atoms. The summed E-state index contributed by atoms with van der Waals surface area (Å²) in [6.07, 6.45) is -0.379. The number of benzene rings is 1. The van der Waals surface area contributed by atoms with Crippen LogP contribution in [0.3, 0.4) is 0 Å². The lowest BCUT2D eigenvalue weighted by atomic mass is 10.1. The maximum Gasteiger partial charge on any atom is 0.341 e. The molecule has 0 spiro atoms. The smallest absolute Gasteiger partial charge is 0.341 e. The first-order chi connectivity index (χ1) is 15.2. The number of ether oxygens (including phenoxy) is 2. The number of furan rings is 1. The van der Waals surface area contributed by atoms with Gasteiger partial charge in [0.15, 0.2) is 5.76 Å². The van der Waals surface area contributed by atoms with Gasteiger partial charge in [-0.05, 0) is 62.7 Å². The number of hydrogen-bond acceptors (Lipinski definition) is 7. The highest BCUT2D eigenvalue weighted by Gasteiger charge is 2.27. The van der Waals surface area contributed by atoms with Gasteiger partial charge in [-0.2, -0.15) is 0 Å². The third kappa shape index (κ3) is 5.49. The lowest BCUT2D eigenvalue weighted by molar-refractivity contribution is 0.0379. The van der Waals surface area contributed by atoms with Gasteiger partial charge in [0.2, 0.25) is 0 Å². The highest BCUT2D eigenvalue weighted by atomic mass is 35.5. The fourth-order valence-electron chi connectivity index (χ4n) is 2.78. The Bertz CT molecular complexity index is 1150. The minimum absolute atomic E-state index is 0.00885. The van der Waals surface area contributed by atoms with E-state index in [1.165, 1.54) is 6.07 Å². The number of anilines is 1. The summed E-state index contributed by atoms with van der Waals surface area (Å²) in [5.74, 6) is -0.935. The van der Waals surface area contributed by atoms with Crippen LogP contribution in [0.5, 0.6) is 5.75 Å². The Labute approximate surface area is 193 Å². The molecule has 2 heterocycles. The Hall–Kier alpha value is -3.30. The molecule has 0 fully saturated rings. The molecule has 0 atom stereocenters. The van der Waals surface area contributed by atoms with E-state index < -0.39 is 17.8 Å². The molecule has 0 aliphatic carbocycles. The second-order valence-electron chi connectivity index (χ2n) is 7.04. The number of carbonyl (C=O) groups excluding carboxylic acids is 3. The Morgan fingerprint density at radius 1 is 1.16 bits per heavy atom. The van der Waals surface area contributed by atoms with E-state index in [1.54, 1.807) is 51.1 Å². The number of carbonyl (C=O) groups is 3. The van der Waals surface area contributed by atoms with E-state index >= 15 is 0 Å².